The lowest BCUT2D eigenvalue weighted by molar-refractivity contribution is -0.121. The van der Waals surface area contributed by atoms with Crippen LogP contribution in [-0.4, -0.2) is 33.2 Å². The lowest BCUT2D eigenvalue weighted by Crippen LogP contribution is -2.27. The van der Waals surface area contributed by atoms with E-state index in [2.05, 4.69) is 10.0 Å². The van der Waals surface area contributed by atoms with E-state index in [1.807, 2.05) is 0 Å². The van der Waals surface area contributed by atoms with Gasteiger partial charge in [-0.3, -0.25) is 4.79 Å². The van der Waals surface area contributed by atoms with Crippen molar-refractivity contribution < 1.29 is 13.2 Å². The van der Waals surface area contributed by atoms with Crippen molar-refractivity contribution in [2.24, 2.45) is 0 Å². The number of amides is 1. The molecule has 0 atom stereocenters. The predicted molar refractivity (Wildman–Crippen MR) is 53.2 cm³/mol. The first-order chi connectivity index (χ1) is 6.47. The number of rotatable bonds is 6. The molecule has 2 N–H and O–H groups in total. The number of nitrogens with one attached hydrogen (secondary N) is 2. The molecule has 0 heterocycles. The standard InChI is InChI=1S/C8H16N2O3S/c1-14(12,13)9-6-2-3-8(11)10-7-4-5-7/h7,9H,2-6H2,1H3,(H,10,11). The van der Waals surface area contributed by atoms with Crippen LogP contribution in [-0.2, 0) is 14.8 Å². The molecular formula is C8H16N2O3S. The van der Waals surface area contributed by atoms with Gasteiger partial charge < -0.3 is 5.32 Å². The number of carbonyl (C=O) groups is 1. The minimum atomic E-state index is -3.11. The van der Waals surface area contributed by atoms with Gasteiger partial charge in [-0.1, -0.05) is 0 Å². The Balaban J connectivity index is 2.00. The lowest BCUT2D eigenvalue weighted by atomic mass is 10.3. The van der Waals surface area contributed by atoms with Crippen molar-refractivity contribution in [2.75, 3.05) is 12.8 Å². The van der Waals surface area contributed by atoms with Crippen molar-refractivity contribution in [2.45, 2.75) is 31.7 Å². The van der Waals surface area contributed by atoms with Crippen LogP contribution in [0.4, 0.5) is 0 Å². The first-order valence-electron chi connectivity index (χ1n) is 4.71. The molecule has 0 saturated heterocycles. The zero-order valence-corrected chi connectivity index (χ0v) is 9.06. The summed E-state index contributed by atoms with van der Waals surface area (Å²) in [5.74, 6) is 0.0165. The lowest BCUT2D eigenvalue weighted by Gasteiger charge is -2.03. The molecule has 0 spiro atoms. The number of hydrogen-bond donors (Lipinski definition) is 2. The van der Waals surface area contributed by atoms with Crippen LogP contribution in [0.15, 0.2) is 0 Å². The van der Waals surface area contributed by atoms with Crippen molar-refractivity contribution >= 4 is 15.9 Å². The molecule has 0 bridgehead atoms. The highest BCUT2D eigenvalue weighted by atomic mass is 32.2. The highest BCUT2D eigenvalue weighted by Crippen LogP contribution is 2.18. The predicted octanol–water partition coefficient (Wildman–Crippen LogP) is -0.406. The van der Waals surface area contributed by atoms with Crippen LogP contribution in [0.1, 0.15) is 25.7 Å². The van der Waals surface area contributed by atoms with Crippen LogP contribution in [0.5, 0.6) is 0 Å². The van der Waals surface area contributed by atoms with Crippen LogP contribution in [0.3, 0.4) is 0 Å². The van der Waals surface area contributed by atoms with Crippen molar-refractivity contribution in [1.82, 2.24) is 10.0 Å². The summed E-state index contributed by atoms with van der Waals surface area (Å²) < 4.78 is 23.6. The average molecular weight is 220 g/mol. The summed E-state index contributed by atoms with van der Waals surface area (Å²) >= 11 is 0. The smallest absolute Gasteiger partial charge is 0.220 e. The zero-order valence-electron chi connectivity index (χ0n) is 8.25. The van der Waals surface area contributed by atoms with Gasteiger partial charge in [0.15, 0.2) is 0 Å². The molecule has 82 valence electrons. The van der Waals surface area contributed by atoms with Gasteiger partial charge in [-0.25, -0.2) is 13.1 Å². The normalized spacial score (nSPS) is 16.6. The Morgan fingerprint density at radius 2 is 2.07 bits per heavy atom. The van der Waals surface area contributed by atoms with Gasteiger partial charge in [0.05, 0.1) is 6.26 Å². The van der Waals surface area contributed by atoms with Crippen LogP contribution >= 0.6 is 0 Å². The number of hydrogen-bond acceptors (Lipinski definition) is 3. The maximum atomic E-state index is 11.1. The minimum Gasteiger partial charge on any atom is -0.353 e. The molecule has 5 nitrogen and oxygen atoms in total. The summed E-state index contributed by atoms with van der Waals surface area (Å²) in [7, 11) is -3.11. The maximum absolute atomic E-state index is 11.1. The van der Waals surface area contributed by atoms with Crippen molar-refractivity contribution in [1.29, 1.82) is 0 Å². The number of sulfonamides is 1. The van der Waals surface area contributed by atoms with Gasteiger partial charge in [0, 0.05) is 19.0 Å². The van der Waals surface area contributed by atoms with E-state index in [0.29, 0.717) is 25.4 Å². The van der Waals surface area contributed by atoms with Gasteiger partial charge in [0.25, 0.3) is 0 Å². The van der Waals surface area contributed by atoms with E-state index in [1.165, 1.54) is 0 Å². The van der Waals surface area contributed by atoms with Gasteiger partial charge in [0.1, 0.15) is 0 Å². The molecule has 0 radical (unpaired) electrons. The Kier molecular flexibility index (Phi) is 3.88. The fourth-order valence-corrected chi connectivity index (χ4v) is 1.55. The van der Waals surface area contributed by atoms with Crippen LogP contribution in [0.2, 0.25) is 0 Å². The molecule has 6 heteroatoms. The molecule has 1 aliphatic carbocycles. The first kappa shape index (κ1) is 11.5. The molecule has 1 aliphatic rings. The van der Waals surface area contributed by atoms with E-state index in [1.54, 1.807) is 0 Å². The van der Waals surface area contributed by atoms with Crippen LogP contribution in [0, 0.1) is 0 Å². The number of carbonyl (C=O) groups excluding carboxylic acids is 1. The average Bonchev–Trinajstić information content (AvgIpc) is 2.80. The molecule has 1 saturated carbocycles. The van der Waals surface area contributed by atoms with Gasteiger partial charge in [-0.2, -0.15) is 0 Å². The highest BCUT2D eigenvalue weighted by molar-refractivity contribution is 7.88. The molecule has 14 heavy (non-hydrogen) atoms. The summed E-state index contributed by atoms with van der Waals surface area (Å²) in [6, 6.07) is 0.380. The third kappa shape index (κ3) is 5.93. The molecule has 1 rings (SSSR count). The Hall–Kier alpha value is -0.620. The fourth-order valence-electron chi connectivity index (χ4n) is 1.03. The summed E-state index contributed by atoms with van der Waals surface area (Å²) in [6.07, 6.45) is 4.20. The minimum absolute atomic E-state index is 0.0165. The third-order valence-electron chi connectivity index (χ3n) is 1.89. The van der Waals surface area contributed by atoms with Crippen molar-refractivity contribution in [3.63, 3.8) is 0 Å². The molecule has 0 unspecified atom stereocenters. The van der Waals surface area contributed by atoms with Crippen LogP contribution in [0.25, 0.3) is 0 Å². The SMILES string of the molecule is CS(=O)(=O)NCCCC(=O)NC1CC1. The van der Waals surface area contributed by atoms with Crippen molar-refractivity contribution in [3.8, 4) is 0 Å². The van der Waals surface area contributed by atoms with E-state index in [0.717, 1.165) is 19.1 Å². The van der Waals surface area contributed by atoms with Gasteiger partial charge in [0.2, 0.25) is 15.9 Å². The highest BCUT2D eigenvalue weighted by Gasteiger charge is 2.22. The van der Waals surface area contributed by atoms with E-state index < -0.39 is 10.0 Å². The third-order valence-corrected chi connectivity index (χ3v) is 2.62. The monoisotopic (exact) mass is 220 g/mol. The topological polar surface area (TPSA) is 75.3 Å². The summed E-state index contributed by atoms with van der Waals surface area (Å²) in [6.45, 7) is 0.330. The Morgan fingerprint density at radius 3 is 2.57 bits per heavy atom. The fraction of sp³-hybridized carbons (Fsp3) is 0.875. The molecule has 0 aliphatic heterocycles. The van der Waals surface area contributed by atoms with E-state index in [9.17, 15) is 13.2 Å². The van der Waals surface area contributed by atoms with Crippen molar-refractivity contribution in [3.05, 3.63) is 0 Å². The second-order valence-electron chi connectivity index (χ2n) is 3.61. The zero-order chi connectivity index (χ0) is 10.6. The molecular weight excluding hydrogens is 204 g/mol. The molecule has 0 aromatic rings. The Morgan fingerprint density at radius 1 is 1.43 bits per heavy atom. The maximum Gasteiger partial charge on any atom is 0.220 e. The molecule has 1 amide bonds. The molecule has 1 fully saturated rings. The largest absolute Gasteiger partial charge is 0.353 e. The van der Waals surface area contributed by atoms with E-state index in [-0.39, 0.29) is 5.91 Å². The summed E-state index contributed by atoms with van der Waals surface area (Å²) in [5, 5.41) is 2.84. The Labute approximate surface area is 84.3 Å². The summed E-state index contributed by atoms with van der Waals surface area (Å²) in [4.78, 5) is 11.1. The quantitative estimate of drug-likeness (QED) is 0.598. The second kappa shape index (κ2) is 4.75. The van der Waals surface area contributed by atoms with Gasteiger partial charge in [-0.05, 0) is 19.3 Å². The molecule has 0 aromatic carbocycles. The van der Waals surface area contributed by atoms with Gasteiger partial charge >= 0.3 is 0 Å². The molecule has 0 aromatic heterocycles. The first-order valence-corrected chi connectivity index (χ1v) is 6.60. The second-order valence-corrected chi connectivity index (χ2v) is 5.44. The van der Waals surface area contributed by atoms with Gasteiger partial charge in [-0.15, -0.1) is 0 Å². The Bertz CT molecular complexity index is 296. The van der Waals surface area contributed by atoms with Crippen LogP contribution < -0.4 is 10.0 Å². The van der Waals surface area contributed by atoms with E-state index >= 15 is 0 Å². The summed E-state index contributed by atoms with van der Waals surface area (Å²) in [5.41, 5.74) is 0. The van der Waals surface area contributed by atoms with E-state index in [4.69, 9.17) is 0 Å².